The van der Waals surface area contributed by atoms with E-state index < -0.39 is 5.97 Å². The first-order valence-electron chi connectivity index (χ1n) is 10.8. The Morgan fingerprint density at radius 2 is 1.79 bits per heavy atom. The number of aryl methyl sites for hydroxylation is 1. The molecule has 0 spiro atoms. The number of allylic oxidation sites excluding steroid dienone is 3. The van der Waals surface area contributed by atoms with Gasteiger partial charge in [0.15, 0.2) is 5.43 Å². The predicted molar refractivity (Wildman–Crippen MR) is 133 cm³/mol. The largest absolute Gasteiger partial charge is 0.478 e. The summed E-state index contributed by atoms with van der Waals surface area (Å²) in [5, 5.41) is 13.2. The van der Waals surface area contributed by atoms with Gasteiger partial charge in [0.25, 0.3) is 0 Å². The zero-order chi connectivity index (χ0) is 24.3. The monoisotopic (exact) mass is 443 g/mol. The second-order valence-corrected chi connectivity index (χ2v) is 8.46. The molecule has 2 N–H and O–H groups in total. The Kier molecular flexibility index (Phi) is 7.02. The maximum Gasteiger partial charge on any atom is 0.337 e. The van der Waals surface area contributed by atoms with Gasteiger partial charge in [0.1, 0.15) is 11.3 Å². The smallest absolute Gasteiger partial charge is 0.337 e. The Labute approximate surface area is 193 Å². The lowest BCUT2D eigenvalue weighted by molar-refractivity contribution is -0.132. The number of hydrogen-bond donors (Lipinski definition) is 2. The van der Waals surface area contributed by atoms with E-state index in [1.54, 1.807) is 13.0 Å². The minimum Gasteiger partial charge on any atom is -0.478 e. The fraction of sp³-hybridized carbons (Fsp3) is 0.214. The third-order valence-electron chi connectivity index (χ3n) is 5.43. The van der Waals surface area contributed by atoms with Gasteiger partial charge in [-0.3, -0.25) is 4.79 Å². The first kappa shape index (κ1) is 23.8. The van der Waals surface area contributed by atoms with Crippen LogP contribution in [0.15, 0.2) is 87.3 Å². The molecule has 0 saturated heterocycles. The summed E-state index contributed by atoms with van der Waals surface area (Å²) < 4.78 is 6.34. The Bertz CT molecular complexity index is 1340. The van der Waals surface area contributed by atoms with Crippen LogP contribution in [0.4, 0.5) is 0 Å². The Morgan fingerprint density at radius 3 is 2.39 bits per heavy atom. The maximum atomic E-state index is 13.3. The highest BCUT2D eigenvalue weighted by molar-refractivity contribution is 5.91. The molecule has 0 aliphatic rings. The molecule has 3 rings (SSSR count). The van der Waals surface area contributed by atoms with E-state index in [0.717, 1.165) is 22.3 Å². The minimum absolute atomic E-state index is 0.0430. The fourth-order valence-corrected chi connectivity index (χ4v) is 3.67. The summed E-state index contributed by atoms with van der Waals surface area (Å²) in [6.07, 6.45) is 3.53. The molecule has 0 aliphatic heterocycles. The van der Waals surface area contributed by atoms with Crippen LogP contribution < -0.4 is 10.7 Å². The molecule has 0 saturated carbocycles. The second-order valence-electron chi connectivity index (χ2n) is 8.46. The standard InChI is InChI=1S/C28H29NO4/c1-16(2)12-13-24(18(4)28(31)32)29-20(6)22-14-17(3)15-23-25(30)19(5)26(33-27(22)23)21-10-8-7-9-11-21/h7-15,20,29H,4H2,1-3,5-6H3,(H,31,32)/b24-13+. The summed E-state index contributed by atoms with van der Waals surface area (Å²) in [7, 11) is 0. The highest BCUT2D eigenvalue weighted by Gasteiger charge is 2.20. The molecular weight excluding hydrogens is 414 g/mol. The number of fused-ring (bicyclic) bond motifs is 1. The first-order valence-corrected chi connectivity index (χ1v) is 10.8. The summed E-state index contributed by atoms with van der Waals surface area (Å²) in [6.45, 7) is 13.2. The molecule has 1 heterocycles. The van der Waals surface area contributed by atoms with Crippen LogP contribution in [0.3, 0.4) is 0 Å². The van der Waals surface area contributed by atoms with Crippen molar-refractivity contribution in [3.63, 3.8) is 0 Å². The normalized spacial score (nSPS) is 12.3. The molecule has 0 radical (unpaired) electrons. The van der Waals surface area contributed by atoms with E-state index in [9.17, 15) is 14.7 Å². The Morgan fingerprint density at radius 1 is 1.12 bits per heavy atom. The quantitative estimate of drug-likeness (QED) is 0.335. The van der Waals surface area contributed by atoms with Crippen LogP contribution in [0, 0.1) is 13.8 Å². The molecular formula is C28H29NO4. The third-order valence-corrected chi connectivity index (χ3v) is 5.43. The average Bonchev–Trinajstić information content (AvgIpc) is 2.78. The van der Waals surface area contributed by atoms with Crippen LogP contribution in [0.5, 0.6) is 0 Å². The summed E-state index contributed by atoms with van der Waals surface area (Å²) in [5.74, 6) is -0.577. The highest BCUT2D eigenvalue weighted by Crippen LogP contribution is 2.31. The minimum atomic E-state index is -1.11. The van der Waals surface area contributed by atoms with Gasteiger partial charge >= 0.3 is 5.97 Å². The Balaban J connectivity index is 2.19. The van der Waals surface area contributed by atoms with E-state index in [1.807, 2.05) is 76.2 Å². The molecule has 0 aliphatic carbocycles. The number of hydrogen-bond acceptors (Lipinski definition) is 4. The van der Waals surface area contributed by atoms with E-state index in [-0.39, 0.29) is 17.0 Å². The molecule has 0 amide bonds. The van der Waals surface area contributed by atoms with Crippen molar-refractivity contribution in [2.45, 2.75) is 40.7 Å². The molecule has 0 fully saturated rings. The lowest BCUT2D eigenvalue weighted by Crippen LogP contribution is -2.22. The maximum absolute atomic E-state index is 13.3. The molecule has 5 nitrogen and oxygen atoms in total. The van der Waals surface area contributed by atoms with Gasteiger partial charge in [0.05, 0.1) is 17.0 Å². The predicted octanol–water partition coefficient (Wildman–Crippen LogP) is 6.22. The van der Waals surface area contributed by atoms with E-state index in [1.165, 1.54) is 0 Å². The molecule has 2 aromatic carbocycles. The molecule has 5 heteroatoms. The zero-order valence-electron chi connectivity index (χ0n) is 19.7. The van der Waals surface area contributed by atoms with Crippen LogP contribution in [0.25, 0.3) is 22.3 Å². The van der Waals surface area contributed by atoms with Crippen LogP contribution in [0.2, 0.25) is 0 Å². The van der Waals surface area contributed by atoms with Crippen molar-refractivity contribution >= 4 is 16.9 Å². The van der Waals surface area contributed by atoms with Crippen molar-refractivity contribution < 1.29 is 14.3 Å². The third kappa shape index (κ3) is 5.14. The van der Waals surface area contributed by atoms with Gasteiger partial charge < -0.3 is 14.8 Å². The van der Waals surface area contributed by atoms with E-state index in [2.05, 4.69) is 11.9 Å². The lowest BCUT2D eigenvalue weighted by atomic mass is 9.98. The number of benzene rings is 2. The Hall–Kier alpha value is -3.86. The number of carboxylic acids is 1. The van der Waals surface area contributed by atoms with Crippen molar-refractivity contribution in [1.29, 1.82) is 0 Å². The van der Waals surface area contributed by atoms with E-state index >= 15 is 0 Å². The van der Waals surface area contributed by atoms with E-state index in [4.69, 9.17) is 4.42 Å². The molecule has 1 atom stereocenters. The number of carbonyl (C=O) groups is 1. The van der Waals surface area contributed by atoms with Gasteiger partial charge in [-0.25, -0.2) is 4.79 Å². The summed E-state index contributed by atoms with van der Waals surface area (Å²) in [5.41, 5.74) is 4.83. The molecule has 3 aromatic rings. The van der Waals surface area contributed by atoms with Crippen molar-refractivity contribution in [2.75, 3.05) is 0 Å². The van der Waals surface area contributed by atoms with Crippen LogP contribution in [0.1, 0.15) is 43.5 Å². The van der Waals surface area contributed by atoms with Gasteiger partial charge in [-0.1, -0.05) is 54.6 Å². The van der Waals surface area contributed by atoms with Gasteiger partial charge in [0, 0.05) is 22.4 Å². The SMILES string of the molecule is C=C(C(=O)O)/C(=C\C=C(C)C)NC(C)c1cc(C)cc2c(=O)c(C)c(-c3ccccc3)oc12. The van der Waals surface area contributed by atoms with E-state index in [0.29, 0.717) is 28.0 Å². The lowest BCUT2D eigenvalue weighted by Gasteiger charge is -2.20. The second kappa shape index (κ2) is 9.74. The van der Waals surface area contributed by atoms with Crippen molar-refractivity contribution in [2.24, 2.45) is 0 Å². The molecule has 1 aromatic heterocycles. The van der Waals surface area contributed by atoms with Gasteiger partial charge in [-0.05, 0) is 52.3 Å². The molecule has 0 bridgehead atoms. The van der Waals surface area contributed by atoms with Crippen LogP contribution in [-0.4, -0.2) is 11.1 Å². The summed E-state index contributed by atoms with van der Waals surface area (Å²) in [6, 6.07) is 13.0. The number of rotatable bonds is 7. The zero-order valence-corrected chi connectivity index (χ0v) is 19.7. The van der Waals surface area contributed by atoms with Crippen molar-refractivity contribution in [3.8, 4) is 11.3 Å². The molecule has 33 heavy (non-hydrogen) atoms. The summed E-state index contributed by atoms with van der Waals surface area (Å²) >= 11 is 0. The molecule has 170 valence electrons. The topological polar surface area (TPSA) is 79.5 Å². The van der Waals surface area contributed by atoms with Crippen molar-refractivity contribution in [3.05, 3.63) is 105 Å². The van der Waals surface area contributed by atoms with Crippen LogP contribution >= 0.6 is 0 Å². The van der Waals surface area contributed by atoms with Crippen LogP contribution in [-0.2, 0) is 4.79 Å². The first-order chi connectivity index (χ1) is 15.6. The van der Waals surface area contributed by atoms with Gasteiger partial charge in [-0.15, -0.1) is 0 Å². The average molecular weight is 444 g/mol. The summed E-state index contributed by atoms with van der Waals surface area (Å²) in [4.78, 5) is 24.8. The van der Waals surface area contributed by atoms with Crippen molar-refractivity contribution in [1.82, 2.24) is 5.32 Å². The number of aliphatic carboxylic acids is 1. The van der Waals surface area contributed by atoms with Gasteiger partial charge in [0.2, 0.25) is 0 Å². The molecule has 1 unspecified atom stereocenters. The fourth-order valence-electron chi connectivity index (χ4n) is 3.67. The van der Waals surface area contributed by atoms with Gasteiger partial charge in [-0.2, -0.15) is 0 Å². The number of nitrogens with one attached hydrogen (secondary N) is 1. The highest BCUT2D eigenvalue weighted by atomic mass is 16.4. The number of carboxylic acid groups (broad SMARTS) is 1.